The summed E-state index contributed by atoms with van der Waals surface area (Å²) in [5, 5.41) is 11.8. The highest BCUT2D eigenvalue weighted by atomic mass is 16.1. The molecule has 2 N–H and O–H groups in total. The van der Waals surface area contributed by atoms with E-state index in [1.54, 1.807) is 22.9 Å². The first-order valence-corrected chi connectivity index (χ1v) is 10.0. The van der Waals surface area contributed by atoms with Gasteiger partial charge in [0.2, 0.25) is 0 Å². The zero-order valence-electron chi connectivity index (χ0n) is 16.8. The molecular weight excluding hydrogens is 378 g/mol. The van der Waals surface area contributed by atoms with Crippen LogP contribution < -0.4 is 16.4 Å². The molecule has 0 aliphatic heterocycles. The molecule has 0 unspecified atom stereocenters. The van der Waals surface area contributed by atoms with Gasteiger partial charge in [0.1, 0.15) is 16.8 Å². The van der Waals surface area contributed by atoms with Gasteiger partial charge in [-0.25, -0.2) is 4.98 Å². The normalized spacial score (nSPS) is 11.1. The Balaban J connectivity index is 1.75. The molecule has 7 nitrogen and oxygen atoms in total. The number of rotatable bonds is 6. The third kappa shape index (κ3) is 3.61. The molecule has 4 aromatic rings. The smallest absolute Gasteiger partial charge is 0.267 e. The number of benzene rings is 1. The van der Waals surface area contributed by atoms with Gasteiger partial charge >= 0.3 is 0 Å². The maximum atomic E-state index is 13.0. The minimum atomic E-state index is -0.361. The molecule has 0 saturated heterocycles. The van der Waals surface area contributed by atoms with E-state index in [9.17, 15) is 9.59 Å². The van der Waals surface area contributed by atoms with Gasteiger partial charge in [-0.2, -0.15) is 0 Å². The van der Waals surface area contributed by atoms with E-state index in [-0.39, 0.29) is 22.5 Å². The van der Waals surface area contributed by atoms with Gasteiger partial charge in [0.25, 0.3) is 11.5 Å². The van der Waals surface area contributed by atoms with Crippen molar-refractivity contribution in [3.8, 4) is 0 Å². The Hall–Kier alpha value is -3.74. The van der Waals surface area contributed by atoms with Crippen molar-refractivity contribution in [1.29, 1.82) is 5.41 Å². The zero-order valence-corrected chi connectivity index (χ0v) is 16.8. The molecule has 30 heavy (non-hydrogen) atoms. The van der Waals surface area contributed by atoms with Crippen LogP contribution in [0.5, 0.6) is 0 Å². The van der Waals surface area contributed by atoms with Gasteiger partial charge in [-0.15, -0.1) is 0 Å². The Kier molecular flexibility index (Phi) is 5.43. The molecule has 1 amide bonds. The zero-order chi connectivity index (χ0) is 21.1. The van der Waals surface area contributed by atoms with Gasteiger partial charge in [-0.05, 0) is 36.6 Å². The van der Waals surface area contributed by atoms with E-state index in [2.05, 4.69) is 10.3 Å². The Bertz CT molecular complexity index is 1340. The Labute approximate surface area is 173 Å². The number of fused-ring (bicyclic) bond motifs is 2. The van der Waals surface area contributed by atoms with E-state index in [0.29, 0.717) is 36.2 Å². The number of nitrogens with zero attached hydrogens (tertiary/aromatic N) is 3. The van der Waals surface area contributed by atoms with Crippen molar-refractivity contribution in [2.24, 2.45) is 0 Å². The molecule has 0 aliphatic carbocycles. The second-order valence-corrected chi connectivity index (χ2v) is 7.13. The summed E-state index contributed by atoms with van der Waals surface area (Å²) in [7, 11) is 0. The molecule has 152 valence electrons. The van der Waals surface area contributed by atoms with Crippen LogP contribution in [0, 0.1) is 5.41 Å². The van der Waals surface area contributed by atoms with Crippen molar-refractivity contribution in [3.63, 3.8) is 0 Å². The maximum absolute atomic E-state index is 13.0. The fraction of sp³-hybridized carbons (Fsp3) is 0.217. The topological polar surface area (TPSA) is 92.2 Å². The summed E-state index contributed by atoms with van der Waals surface area (Å²) in [6, 6.07) is 16.7. The van der Waals surface area contributed by atoms with Gasteiger partial charge in [0, 0.05) is 19.3 Å². The van der Waals surface area contributed by atoms with Gasteiger partial charge in [-0.1, -0.05) is 43.3 Å². The third-order valence-electron chi connectivity index (χ3n) is 5.05. The van der Waals surface area contributed by atoms with Crippen molar-refractivity contribution in [2.45, 2.75) is 26.3 Å². The highest BCUT2D eigenvalue weighted by Crippen LogP contribution is 2.11. The van der Waals surface area contributed by atoms with Crippen LogP contribution in [0.1, 0.15) is 29.3 Å². The highest BCUT2D eigenvalue weighted by Gasteiger charge is 2.17. The average Bonchev–Trinajstić information content (AvgIpc) is 2.77. The van der Waals surface area contributed by atoms with Gasteiger partial charge in [-0.3, -0.25) is 19.4 Å². The summed E-state index contributed by atoms with van der Waals surface area (Å²) < 4.78 is 3.11. The molecule has 0 atom stereocenters. The van der Waals surface area contributed by atoms with Crippen LogP contribution in [-0.2, 0) is 13.0 Å². The fourth-order valence-electron chi connectivity index (χ4n) is 3.56. The average molecular weight is 401 g/mol. The van der Waals surface area contributed by atoms with Gasteiger partial charge < -0.3 is 9.88 Å². The first-order valence-electron chi connectivity index (χ1n) is 10.0. The summed E-state index contributed by atoms with van der Waals surface area (Å²) in [4.78, 5) is 30.5. The maximum Gasteiger partial charge on any atom is 0.267 e. The van der Waals surface area contributed by atoms with Crippen LogP contribution in [0.15, 0.2) is 65.6 Å². The van der Waals surface area contributed by atoms with Gasteiger partial charge in [0.15, 0.2) is 0 Å². The van der Waals surface area contributed by atoms with Crippen molar-refractivity contribution in [2.75, 3.05) is 6.54 Å². The molecular formula is C23H23N5O2. The summed E-state index contributed by atoms with van der Waals surface area (Å²) in [6.07, 6.45) is 3.10. The molecule has 0 bridgehead atoms. The molecule has 7 heteroatoms. The number of aryl methyl sites for hydroxylation is 1. The molecule has 4 rings (SSSR count). The lowest BCUT2D eigenvalue weighted by Crippen LogP contribution is -2.35. The third-order valence-corrected chi connectivity index (χ3v) is 5.05. The fourth-order valence-corrected chi connectivity index (χ4v) is 3.56. The number of pyridine rings is 2. The van der Waals surface area contributed by atoms with Crippen LogP contribution in [0.4, 0.5) is 0 Å². The molecule has 3 aromatic heterocycles. The largest absolute Gasteiger partial charge is 0.352 e. The highest BCUT2D eigenvalue weighted by molar-refractivity contribution is 5.96. The number of carbonyl (C=O) groups is 1. The Morgan fingerprint density at radius 2 is 1.90 bits per heavy atom. The van der Waals surface area contributed by atoms with E-state index < -0.39 is 0 Å². The van der Waals surface area contributed by atoms with Crippen molar-refractivity contribution >= 4 is 22.6 Å². The number of hydrogen-bond acceptors (Lipinski definition) is 4. The quantitative estimate of drug-likeness (QED) is 0.486. The lowest BCUT2D eigenvalue weighted by Gasteiger charge is -2.14. The van der Waals surface area contributed by atoms with Crippen molar-refractivity contribution in [3.05, 3.63) is 87.8 Å². The molecule has 0 aliphatic rings. The molecule has 1 aromatic carbocycles. The molecule has 0 spiro atoms. The number of hydrogen-bond donors (Lipinski definition) is 2. The second kappa shape index (κ2) is 8.32. The summed E-state index contributed by atoms with van der Waals surface area (Å²) in [5.41, 5.74) is 2.06. The SMILES string of the molecule is CCCn1c(=N)c(C(=O)NCCc2ccccc2)cc2c(=O)n3ccccc3nc21. The number of carbonyl (C=O) groups excluding carboxylic acids is 1. The number of amides is 1. The minimum Gasteiger partial charge on any atom is -0.352 e. The molecule has 0 fully saturated rings. The van der Waals surface area contributed by atoms with E-state index in [4.69, 9.17) is 5.41 Å². The first-order chi connectivity index (χ1) is 14.6. The lowest BCUT2D eigenvalue weighted by molar-refractivity contribution is 0.0951. The molecule has 0 saturated carbocycles. The van der Waals surface area contributed by atoms with Crippen LogP contribution in [0.3, 0.4) is 0 Å². The second-order valence-electron chi connectivity index (χ2n) is 7.13. The van der Waals surface area contributed by atoms with E-state index in [1.807, 2.05) is 43.3 Å². The minimum absolute atomic E-state index is 0.0637. The van der Waals surface area contributed by atoms with Crippen LogP contribution in [0.25, 0.3) is 16.7 Å². The predicted molar refractivity (Wildman–Crippen MR) is 116 cm³/mol. The Morgan fingerprint density at radius 1 is 1.13 bits per heavy atom. The predicted octanol–water partition coefficient (Wildman–Crippen LogP) is 2.51. The lowest BCUT2D eigenvalue weighted by atomic mass is 10.1. The van der Waals surface area contributed by atoms with E-state index in [1.165, 1.54) is 10.5 Å². The van der Waals surface area contributed by atoms with Crippen molar-refractivity contribution < 1.29 is 4.79 Å². The first kappa shape index (κ1) is 19.6. The van der Waals surface area contributed by atoms with Crippen LogP contribution in [0.2, 0.25) is 0 Å². The van der Waals surface area contributed by atoms with Crippen LogP contribution in [-0.4, -0.2) is 26.4 Å². The molecule has 0 radical (unpaired) electrons. The van der Waals surface area contributed by atoms with Gasteiger partial charge in [0.05, 0.1) is 10.9 Å². The van der Waals surface area contributed by atoms with E-state index >= 15 is 0 Å². The van der Waals surface area contributed by atoms with Crippen molar-refractivity contribution in [1.82, 2.24) is 19.3 Å². The summed E-state index contributed by atoms with van der Waals surface area (Å²) >= 11 is 0. The standard InChI is InChI=1S/C23H23N5O2/c1-2-13-28-20(24)17(22(29)25-12-11-16-8-4-3-5-9-16)15-18-21(28)26-19-10-6-7-14-27(19)23(18)30/h3-10,14-15,24H,2,11-13H2,1H3,(H,25,29). The van der Waals surface area contributed by atoms with E-state index in [0.717, 1.165) is 12.0 Å². The molecule has 3 heterocycles. The summed E-state index contributed by atoms with van der Waals surface area (Å²) in [5.74, 6) is -0.361. The monoisotopic (exact) mass is 401 g/mol. The number of aromatic nitrogens is 3. The number of nitrogens with one attached hydrogen (secondary N) is 2. The van der Waals surface area contributed by atoms with Crippen LogP contribution >= 0.6 is 0 Å². The summed E-state index contributed by atoms with van der Waals surface area (Å²) in [6.45, 7) is 2.93. The Morgan fingerprint density at radius 3 is 2.67 bits per heavy atom.